The Morgan fingerprint density at radius 3 is 2.57 bits per heavy atom. The fourth-order valence-corrected chi connectivity index (χ4v) is 2.24. The van der Waals surface area contributed by atoms with E-state index in [0.29, 0.717) is 31.8 Å². The molecule has 1 amide bonds. The molecular formula is C16H19NO4. The topological polar surface area (TPSA) is 55.8 Å². The van der Waals surface area contributed by atoms with Crippen molar-refractivity contribution in [2.45, 2.75) is 20.3 Å². The summed E-state index contributed by atoms with van der Waals surface area (Å²) in [7, 11) is 0. The molecule has 0 fully saturated rings. The van der Waals surface area contributed by atoms with Crippen molar-refractivity contribution in [1.29, 1.82) is 0 Å². The van der Waals surface area contributed by atoms with Crippen molar-refractivity contribution < 1.29 is 19.1 Å². The number of nitrogens with zero attached hydrogens (tertiary/aromatic N) is 1. The zero-order valence-electron chi connectivity index (χ0n) is 12.3. The van der Waals surface area contributed by atoms with Crippen LogP contribution in [0, 0.1) is 0 Å². The average Bonchev–Trinajstić information content (AvgIpc) is 2.67. The highest BCUT2D eigenvalue weighted by atomic mass is 16.6. The molecule has 112 valence electrons. The monoisotopic (exact) mass is 289 g/mol. The molecule has 5 heteroatoms. The van der Waals surface area contributed by atoms with Crippen LogP contribution in [0.5, 0.6) is 0 Å². The van der Waals surface area contributed by atoms with Crippen molar-refractivity contribution in [2.75, 3.05) is 24.7 Å². The Kier molecular flexibility index (Phi) is 4.98. The van der Waals surface area contributed by atoms with E-state index >= 15 is 0 Å². The van der Waals surface area contributed by atoms with E-state index in [1.807, 2.05) is 24.3 Å². The number of para-hydroxylation sites is 1. The smallest absolute Gasteiger partial charge is 0.414 e. The van der Waals surface area contributed by atoms with Crippen LogP contribution in [-0.4, -0.2) is 31.8 Å². The van der Waals surface area contributed by atoms with Gasteiger partial charge in [0.1, 0.15) is 0 Å². The molecule has 1 heterocycles. The maximum atomic E-state index is 12.1. The van der Waals surface area contributed by atoms with Crippen LogP contribution >= 0.6 is 0 Å². The van der Waals surface area contributed by atoms with Crippen molar-refractivity contribution in [2.24, 2.45) is 0 Å². The van der Waals surface area contributed by atoms with Gasteiger partial charge in [0.25, 0.3) is 0 Å². The molecule has 0 aliphatic carbocycles. The predicted molar refractivity (Wildman–Crippen MR) is 80.0 cm³/mol. The van der Waals surface area contributed by atoms with E-state index in [1.165, 1.54) is 0 Å². The Morgan fingerprint density at radius 2 is 1.86 bits per heavy atom. The van der Waals surface area contributed by atoms with Crippen molar-refractivity contribution in [3.05, 3.63) is 35.4 Å². The van der Waals surface area contributed by atoms with E-state index in [-0.39, 0.29) is 5.97 Å². The lowest BCUT2D eigenvalue weighted by Gasteiger charge is -2.21. The summed E-state index contributed by atoms with van der Waals surface area (Å²) in [6, 6.07) is 7.43. The van der Waals surface area contributed by atoms with Crippen molar-refractivity contribution >= 4 is 23.8 Å². The molecule has 0 atom stereocenters. The van der Waals surface area contributed by atoms with Gasteiger partial charge in [0.2, 0.25) is 0 Å². The molecule has 1 aromatic carbocycles. The lowest BCUT2D eigenvalue weighted by atomic mass is 10.1. The van der Waals surface area contributed by atoms with Crippen LogP contribution in [0.1, 0.15) is 25.8 Å². The van der Waals surface area contributed by atoms with Crippen molar-refractivity contribution in [1.82, 2.24) is 0 Å². The molecule has 1 aromatic rings. The van der Waals surface area contributed by atoms with Gasteiger partial charge in [0.05, 0.1) is 18.9 Å². The third-order valence-corrected chi connectivity index (χ3v) is 3.19. The summed E-state index contributed by atoms with van der Waals surface area (Å²) < 4.78 is 10.1. The largest absolute Gasteiger partial charge is 0.463 e. The number of benzene rings is 1. The first-order chi connectivity index (χ1) is 10.2. The number of carbonyl (C=O) groups is 2. The van der Waals surface area contributed by atoms with E-state index < -0.39 is 6.09 Å². The van der Waals surface area contributed by atoms with Crippen LogP contribution in [0.25, 0.3) is 6.08 Å². The van der Waals surface area contributed by atoms with Gasteiger partial charge in [-0.3, -0.25) is 4.90 Å². The molecule has 0 saturated heterocycles. The van der Waals surface area contributed by atoms with Gasteiger partial charge >= 0.3 is 12.1 Å². The predicted octanol–water partition coefficient (Wildman–Crippen LogP) is 3.00. The number of hydrogen-bond acceptors (Lipinski definition) is 4. The zero-order valence-corrected chi connectivity index (χ0v) is 12.3. The van der Waals surface area contributed by atoms with Crippen LogP contribution in [0.4, 0.5) is 10.5 Å². The number of ether oxygens (including phenoxy) is 2. The quantitative estimate of drug-likeness (QED) is 0.803. The number of carbonyl (C=O) groups excluding carboxylic acids is 2. The molecule has 0 N–H and O–H groups in total. The summed E-state index contributed by atoms with van der Waals surface area (Å²) in [5.41, 5.74) is 2.12. The minimum atomic E-state index is -0.400. The summed E-state index contributed by atoms with van der Waals surface area (Å²) in [5, 5.41) is 0. The number of anilines is 1. The lowest BCUT2D eigenvalue weighted by Crippen LogP contribution is -2.32. The van der Waals surface area contributed by atoms with Gasteiger partial charge in [0, 0.05) is 12.1 Å². The number of hydrogen-bond donors (Lipinski definition) is 0. The molecule has 0 spiro atoms. The molecule has 21 heavy (non-hydrogen) atoms. The second-order valence-electron chi connectivity index (χ2n) is 4.55. The minimum Gasteiger partial charge on any atom is -0.463 e. The second kappa shape index (κ2) is 6.92. The number of amides is 1. The summed E-state index contributed by atoms with van der Waals surface area (Å²) in [6.07, 6.45) is 1.82. The Morgan fingerprint density at radius 1 is 1.14 bits per heavy atom. The van der Waals surface area contributed by atoms with Crippen LogP contribution in [-0.2, 0) is 14.3 Å². The first-order valence-corrected chi connectivity index (χ1v) is 7.08. The molecule has 0 unspecified atom stereocenters. The van der Waals surface area contributed by atoms with Gasteiger partial charge in [-0.05, 0) is 38.0 Å². The van der Waals surface area contributed by atoms with Crippen molar-refractivity contribution in [3.8, 4) is 0 Å². The van der Waals surface area contributed by atoms with E-state index in [9.17, 15) is 9.59 Å². The molecule has 0 radical (unpaired) electrons. The number of rotatable bonds is 3. The van der Waals surface area contributed by atoms with Crippen LogP contribution in [0.3, 0.4) is 0 Å². The Bertz CT molecular complexity index is 565. The standard InChI is InChI=1S/C16H19NO4/c1-3-20-15(18)13-9-10-17(16(19)21-4-2)14-8-6-5-7-12(14)11-13/h5-8,11H,3-4,9-10H2,1-2H3. The van der Waals surface area contributed by atoms with E-state index in [4.69, 9.17) is 9.47 Å². The molecule has 1 aliphatic heterocycles. The molecule has 5 nitrogen and oxygen atoms in total. The number of fused-ring (bicyclic) bond motifs is 1. The zero-order chi connectivity index (χ0) is 15.2. The van der Waals surface area contributed by atoms with Gasteiger partial charge in [-0.25, -0.2) is 9.59 Å². The lowest BCUT2D eigenvalue weighted by molar-refractivity contribution is -0.138. The van der Waals surface area contributed by atoms with Gasteiger partial charge < -0.3 is 9.47 Å². The third kappa shape index (κ3) is 3.42. The average molecular weight is 289 g/mol. The summed E-state index contributed by atoms with van der Waals surface area (Å²) in [4.78, 5) is 25.6. The highest BCUT2D eigenvalue weighted by molar-refractivity contribution is 5.98. The fraction of sp³-hybridized carbons (Fsp3) is 0.375. The highest BCUT2D eigenvalue weighted by Crippen LogP contribution is 2.28. The van der Waals surface area contributed by atoms with Gasteiger partial charge in [-0.1, -0.05) is 18.2 Å². The number of esters is 1. The molecule has 0 saturated carbocycles. The molecule has 0 aromatic heterocycles. The van der Waals surface area contributed by atoms with Gasteiger partial charge in [-0.15, -0.1) is 0 Å². The molecule has 1 aliphatic rings. The van der Waals surface area contributed by atoms with E-state index in [2.05, 4.69) is 0 Å². The minimum absolute atomic E-state index is 0.315. The Labute approximate surface area is 124 Å². The molecule has 0 bridgehead atoms. The first-order valence-electron chi connectivity index (χ1n) is 7.08. The highest BCUT2D eigenvalue weighted by Gasteiger charge is 2.24. The first kappa shape index (κ1) is 15.1. The summed E-state index contributed by atoms with van der Waals surface area (Å²) in [5.74, 6) is -0.335. The fourth-order valence-electron chi connectivity index (χ4n) is 2.24. The normalized spacial score (nSPS) is 13.8. The SMILES string of the molecule is CCOC(=O)C1=Cc2ccccc2N(C(=O)OCC)CC1. The Hall–Kier alpha value is -2.30. The van der Waals surface area contributed by atoms with E-state index in [1.54, 1.807) is 24.8 Å². The van der Waals surface area contributed by atoms with Gasteiger partial charge in [-0.2, -0.15) is 0 Å². The Balaban J connectivity index is 2.34. The summed E-state index contributed by atoms with van der Waals surface area (Å²) in [6.45, 7) is 4.58. The third-order valence-electron chi connectivity index (χ3n) is 3.19. The van der Waals surface area contributed by atoms with E-state index in [0.717, 1.165) is 11.3 Å². The molecular weight excluding hydrogens is 270 g/mol. The second-order valence-corrected chi connectivity index (χ2v) is 4.55. The maximum Gasteiger partial charge on any atom is 0.414 e. The van der Waals surface area contributed by atoms with Crippen molar-refractivity contribution in [3.63, 3.8) is 0 Å². The maximum absolute atomic E-state index is 12.1. The van der Waals surface area contributed by atoms with Gasteiger partial charge in [0.15, 0.2) is 0 Å². The van der Waals surface area contributed by atoms with Crippen LogP contribution in [0.15, 0.2) is 29.8 Å². The van der Waals surface area contributed by atoms with Crippen LogP contribution < -0.4 is 4.90 Å². The van der Waals surface area contributed by atoms with Crippen LogP contribution in [0.2, 0.25) is 0 Å². The molecule has 2 rings (SSSR count). The summed E-state index contributed by atoms with van der Waals surface area (Å²) >= 11 is 0.